The predicted octanol–water partition coefficient (Wildman–Crippen LogP) is -0.112. The minimum absolute atomic E-state index is 0.157. The molecule has 0 aromatic rings. The highest BCUT2D eigenvalue weighted by molar-refractivity contribution is 5.83. The van der Waals surface area contributed by atoms with Crippen LogP contribution in [0.15, 0.2) is 0 Å². The second-order valence-electron chi connectivity index (χ2n) is 4.76. The summed E-state index contributed by atoms with van der Waals surface area (Å²) in [5, 5.41) is 20.9. The standard InChI is InChI=1S/C12H22N2O5/c1-3-8(2)10(11(16)17)13-12(18)14-4-5-19-7-9(14)6-15/h8-10,15H,3-7H2,1-2H3,(H,13,18)(H,16,17)/t8?,9?,10-/m0/s1. The van der Waals surface area contributed by atoms with E-state index >= 15 is 0 Å². The van der Waals surface area contributed by atoms with Gasteiger partial charge in [-0.25, -0.2) is 9.59 Å². The second-order valence-corrected chi connectivity index (χ2v) is 4.76. The summed E-state index contributed by atoms with van der Waals surface area (Å²) in [4.78, 5) is 24.7. The first kappa shape index (κ1) is 15.7. The molecule has 0 aromatic heterocycles. The van der Waals surface area contributed by atoms with Crippen LogP contribution in [-0.4, -0.2) is 65.6 Å². The molecule has 1 aliphatic heterocycles. The van der Waals surface area contributed by atoms with Crippen molar-refractivity contribution in [3.8, 4) is 0 Å². The van der Waals surface area contributed by atoms with Crippen LogP contribution in [0.1, 0.15) is 20.3 Å². The number of aliphatic carboxylic acids is 1. The van der Waals surface area contributed by atoms with E-state index in [0.29, 0.717) is 19.6 Å². The molecule has 7 heteroatoms. The minimum Gasteiger partial charge on any atom is -0.480 e. The quantitative estimate of drug-likeness (QED) is 0.649. The Morgan fingerprint density at radius 3 is 2.74 bits per heavy atom. The first-order valence-corrected chi connectivity index (χ1v) is 6.49. The molecule has 2 amide bonds. The molecule has 0 bridgehead atoms. The van der Waals surface area contributed by atoms with E-state index in [4.69, 9.17) is 9.84 Å². The van der Waals surface area contributed by atoms with Crippen LogP contribution in [0.4, 0.5) is 4.79 Å². The van der Waals surface area contributed by atoms with Crippen molar-refractivity contribution in [2.24, 2.45) is 5.92 Å². The van der Waals surface area contributed by atoms with Crippen molar-refractivity contribution < 1.29 is 24.5 Å². The van der Waals surface area contributed by atoms with Gasteiger partial charge in [-0.2, -0.15) is 0 Å². The zero-order chi connectivity index (χ0) is 14.4. The molecule has 0 spiro atoms. The molecule has 0 aromatic carbocycles. The summed E-state index contributed by atoms with van der Waals surface area (Å²) >= 11 is 0. The van der Waals surface area contributed by atoms with Crippen molar-refractivity contribution in [3.05, 3.63) is 0 Å². The maximum atomic E-state index is 12.1. The Balaban J connectivity index is 2.67. The SMILES string of the molecule is CCC(C)[C@H](NC(=O)N1CCOCC1CO)C(=O)O. The maximum Gasteiger partial charge on any atom is 0.326 e. The Hall–Kier alpha value is -1.34. The highest BCUT2D eigenvalue weighted by Crippen LogP contribution is 2.11. The van der Waals surface area contributed by atoms with Gasteiger partial charge < -0.3 is 25.2 Å². The zero-order valence-electron chi connectivity index (χ0n) is 11.3. The lowest BCUT2D eigenvalue weighted by molar-refractivity contribution is -0.140. The molecule has 2 unspecified atom stereocenters. The number of amides is 2. The first-order chi connectivity index (χ1) is 9.01. The van der Waals surface area contributed by atoms with Gasteiger partial charge in [-0.15, -0.1) is 0 Å². The molecule has 1 saturated heterocycles. The first-order valence-electron chi connectivity index (χ1n) is 6.49. The minimum atomic E-state index is -1.04. The summed E-state index contributed by atoms with van der Waals surface area (Å²) in [5.41, 5.74) is 0. The number of hydrogen-bond donors (Lipinski definition) is 3. The molecule has 3 atom stereocenters. The molecule has 3 N–H and O–H groups in total. The number of carboxylic acid groups (broad SMARTS) is 1. The van der Waals surface area contributed by atoms with E-state index in [2.05, 4.69) is 5.32 Å². The zero-order valence-corrected chi connectivity index (χ0v) is 11.3. The smallest absolute Gasteiger partial charge is 0.326 e. The fraction of sp³-hybridized carbons (Fsp3) is 0.833. The molecule has 7 nitrogen and oxygen atoms in total. The van der Waals surface area contributed by atoms with Gasteiger partial charge in [-0.3, -0.25) is 0 Å². The van der Waals surface area contributed by atoms with Crippen LogP contribution in [0, 0.1) is 5.92 Å². The monoisotopic (exact) mass is 274 g/mol. The highest BCUT2D eigenvalue weighted by Gasteiger charge is 2.31. The van der Waals surface area contributed by atoms with Gasteiger partial charge in [0.15, 0.2) is 0 Å². The molecule has 0 radical (unpaired) electrons. The molecule has 1 rings (SSSR count). The van der Waals surface area contributed by atoms with Crippen molar-refractivity contribution >= 4 is 12.0 Å². The number of aliphatic hydroxyl groups is 1. The molecular formula is C12H22N2O5. The van der Waals surface area contributed by atoms with Crippen LogP contribution in [0.2, 0.25) is 0 Å². The molecule has 1 aliphatic rings. The van der Waals surface area contributed by atoms with Gasteiger partial charge >= 0.3 is 12.0 Å². The van der Waals surface area contributed by atoms with Crippen LogP contribution < -0.4 is 5.32 Å². The number of ether oxygens (including phenoxy) is 1. The number of nitrogens with zero attached hydrogens (tertiary/aromatic N) is 1. The number of carbonyl (C=O) groups excluding carboxylic acids is 1. The average molecular weight is 274 g/mol. The molecule has 110 valence electrons. The lowest BCUT2D eigenvalue weighted by atomic mass is 9.99. The second kappa shape index (κ2) is 7.30. The highest BCUT2D eigenvalue weighted by atomic mass is 16.5. The summed E-state index contributed by atoms with van der Waals surface area (Å²) in [6, 6.07) is -1.80. The predicted molar refractivity (Wildman–Crippen MR) is 67.8 cm³/mol. The maximum absolute atomic E-state index is 12.1. The Labute approximate surface area is 112 Å². The number of carbonyl (C=O) groups is 2. The van der Waals surface area contributed by atoms with Gasteiger partial charge in [0.1, 0.15) is 6.04 Å². The Bertz CT molecular complexity index is 323. The third-order valence-corrected chi connectivity index (χ3v) is 3.46. The van der Waals surface area contributed by atoms with E-state index < -0.39 is 24.1 Å². The van der Waals surface area contributed by atoms with Crippen molar-refractivity contribution in [1.29, 1.82) is 0 Å². The van der Waals surface area contributed by atoms with Crippen LogP contribution in [0.25, 0.3) is 0 Å². The normalized spacial score (nSPS) is 22.7. The third-order valence-electron chi connectivity index (χ3n) is 3.46. The summed E-state index contributed by atoms with van der Waals surface area (Å²) in [7, 11) is 0. The number of urea groups is 1. The van der Waals surface area contributed by atoms with Crippen LogP contribution >= 0.6 is 0 Å². The average Bonchev–Trinajstić information content (AvgIpc) is 2.43. The largest absolute Gasteiger partial charge is 0.480 e. The number of rotatable bonds is 5. The van der Waals surface area contributed by atoms with E-state index in [1.54, 1.807) is 6.92 Å². The fourth-order valence-corrected chi connectivity index (χ4v) is 1.97. The summed E-state index contributed by atoms with van der Waals surface area (Å²) in [6.07, 6.45) is 0.657. The summed E-state index contributed by atoms with van der Waals surface area (Å²) in [6.45, 7) is 4.47. The third kappa shape index (κ3) is 4.07. The summed E-state index contributed by atoms with van der Waals surface area (Å²) in [5.74, 6) is -1.20. The van der Waals surface area contributed by atoms with Gasteiger partial charge in [0.2, 0.25) is 0 Å². The van der Waals surface area contributed by atoms with E-state index in [-0.39, 0.29) is 19.1 Å². The molecule has 1 heterocycles. The number of carboxylic acids is 1. The number of hydrogen-bond acceptors (Lipinski definition) is 4. The Morgan fingerprint density at radius 1 is 1.53 bits per heavy atom. The van der Waals surface area contributed by atoms with Gasteiger partial charge in [-0.05, 0) is 5.92 Å². The number of morpholine rings is 1. The van der Waals surface area contributed by atoms with E-state index in [0.717, 1.165) is 0 Å². The van der Waals surface area contributed by atoms with E-state index in [1.165, 1.54) is 4.90 Å². The van der Waals surface area contributed by atoms with Crippen LogP contribution in [-0.2, 0) is 9.53 Å². The van der Waals surface area contributed by atoms with Crippen LogP contribution in [0.3, 0.4) is 0 Å². The summed E-state index contributed by atoms with van der Waals surface area (Å²) < 4.78 is 5.18. The van der Waals surface area contributed by atoms with Gasteiger partial charge in [0.25, 0.3) is 0 Å². The van der Waals surface area contributed by atoms with Gasteiger partial charge in [0.05, 0.1) is 25.9 Å². The molecule has 0 aliphatic carbocycles. The molecule has 19 heavy (non-hydrogen) atoms. The fourth-order valence-electron chi connectivity index (χ4n) is 1.97. The van der Waals surface area contributed by atoms with E-state index in [1.807, 2.05) is 6.92 Å². The van der Waals surface area contributed by atoms with Crippen LogP contribution in [0.5, 0.6) is 0 Å². The topological polar surface area (TPSA) is 99.1 Å². The van der Waals surface area contributed by atoms with Gasteiger partial charge in [0, 0.05) is 6.54 Å². The van der Waals surface area contributed by atoms with Gasteiger partial charge in [-0.1, -0.05) is 20.3 Å². The van der Waals surface area contributed by atoms with Crippen molar-refractivity contribution in [2.75, 3.05) is 26.4 Å². The molecule has 1 fully saturated rings. The lowest BCUT2D eigenvalue weighted by Gasteiger charge is -2.35. The molecule has 0 saturated carbocycles. The Morgan fingerprint density at radius 2 is 2.21 bits per heavy atom. The molecular weight excluding hydrogens is 252 g/mol. The Kier molecular flexibility index (Phi) is 6.04. The van der Waals surface area contributed by atoms with Crippen molar-refractivity contribution in [3.63, 3.8) is 0 Å². The van der Waals surface area contributed by atoms with E-state index in [9.17, 15) is 14.7 Å². The number of nitrogens with one attached hydrogen (secondary N) is 1. The van der Waals surface area contributed by atoms with Crippen molar-refractivity contribution in [2.45, 2.75) is 32.4 Å². The lowest BCUT2D eigenvalue weighted by Crippen LogP contribution is -2.57. The number of aliphatic hydroxyl groups excluding tert-OH is 1. The van der Waals surface area contributed by atoms with Crippen molar-refractivity contribution in [1.82, 2.24) is 10.2 Å².